The molecule has 6 heteroatoms. The van der Waals surface area contributed by atoms with Gasteiger partial charge < -0.3 is 4.90 Å². The van der Waals surface area contributed by atoms with E-state index >= 15 is 0 Å². The highest BCUT2D eigenvalue weighted by Crippen LogP contribution is 2.12. The summed E-state index contributed by atoms with van der Waals surface area (Å²) in [6.07, 6.45) is 0. The maximum absolute atomic E-state index is 12.2. The fourth-order valence-corrected chi connectivity index (χ4v) is 2.07. The van der Waals surface area contributed by atoms with Crippen LogP contribution in [-0.2, 0) is 0 Å². The predicted molar refractivity (Wildman–Crippen MR) is 70.7 cm³/mol. The van der Waals surface area contributed by atoms with E-state index in [2.05, 4.69) is 0 Å². The first-order valence-electron chi connectivity index (χ1n) is 5.75. The predicted octanol–water partition coefficient (Wildman–Crippen LogP) is 0.0817. The highest BCUT2D eigenvalue weighted by atomic mass is 35.5. The third kappa shape index (κ3) is 2.73. The van der Waals surface area contributed by atoms with Crippen molar-refractivity contribution in [2.75, 3.05) is 26.2 Å². The summed E-state index contributed by atoms with van der Waals surface area (Å²) in [5, 5.41) is 0.627. The molecule has 0 radical (unpaired) electrons. The summed E-state index contributed by atoms with van der Waals surface area (Å²) >= 11 is 5.79. The second-order valence-corrected chi connectivity index (χ2v) is 4.65. The molecule has 0 bridgehead atoms. The van der Waals surface area contributed by atoms with Gasteiger partial charge in [0.25, 0.3) is 5.91 Å². The van der Waals surface area contributed by atoms with E-state index in [0.717, 1.165) is 0 Å². The molecule has 96 valence electrons. The number of guanidine groups is 1. The standard InChI is InChI=1S/C12H15ClN4O/c13-10-3-1-9(2-4-10)11(18)16-5-7-17(8-6-16)12(14)15/h1-4H,5-8H2,(H3,14,15)/p+1. The van der Waals surface area contributed by atoms with Crippen molar-refractivity contribution in [2.24, 2.45) is 11.5 Å². The Bertz CT molecular complexity index is 469. The number of carbonyl (C=O) groups is 1. The first-order valence-corrected chi connectivity index (χ1v) is 6.13. The summed E-state index contributed by atoms with van der Waals surface area (Å²) in [6.45, 7) is 2.59. The van der Waals surface area contributed by atoms with Crippen LogP contribution in [0.5, 0.6) is 0 Å². The monoisotopic (exact) mass is 267 g/mol. The van der Waals surface area contributed by atoms with Gasteiger partial charge in [0.1, 0.15) is 0 Å². The van der Waals surface area contributed by atoms with E-state index in [4.69, 9.17) is 23.1 Å². The van der Waals surface area contributed by atoms with Gasteiger partial charge in [-0.2, -0.15) is 0 Å². The van der Waals surface area contributed by atoms with Crippen molar-refractivity contribution in [3.05, 3.63) is 34.9 Å². The molecular weight excluding hydrogens is 252 g/mol. The molecule has 1 aliphatic heterocycles. The van der Waals surface area contributed by atoms with Crippen molar-refractivity contribution in [1.29, 1.82) is 0 Å². The third-order valence-electron chi connectivity index (χ3n) is 3.02. The van der Waals surface area contributed by atoms with Crippen molar-refractivity contribution in [2.45, 2.75) is 0 Å². The minimum absolute atomic E-state index is 0.0157. The Morgan fingerprint density at radius 3 is 2.22 bits per heavy atom. The third-order valence-corrected chi connectivity index (χ3v) is 3.28. The Balaban J connectivity index is 2.04. The molecule has 0 aromatic heterocycles. The minimum Gasteiger partial charge on any atom is -0.332 e. The fourth-order valence-electron chi connectivity index (χ4n) is 1.94. The van der Waals surface area contributed by atoms with Gasteiger partial charge in [0.15, 0.2) is 0 Å². The smallest absolute Gasteiger partial charge is 0.332 e. The lowest BCUT2D eigenvalue weighted by Gasteiger charge is -2.28. The molecule has 0 spiro atoms. The van der Waals surface area contributed by atoms with Crippen LogP contribution in [0.25, 0.3) is 0 Å². The number of hydrogen-bond donors (Lipinski definition) is 2. The topological polar surface area (TPSA) is 75.4 Å². The number of piperazine rings is 1. The van der Waals surface area contributed by atoms with E-state index in [1.807, 2.05) is 4.58 Å². The van der Waals surface area contributed by atoms with Crippen LogP contribution in [-0.4, -0.2) is 47.5 Å². The van der Waals surface area contributed by atoms with Crippen LogP contribution in [0.15, 0.2) is 24.3 Å². The van der Waals surface area contributed by atoms with E-state index in [9.17, 15) is 4.79 Å². The van der Waals surface area contributed by atoms with Crippen LogP contribution in [0.1, 0.15) is 10.4 Å². The molecule has 0 aliphatic carbocycles. The molecule has 0 unspecified atom stereocenters. The lowest BCUT2D eigenvalue weighted by atomic mass is 10.2. The Hall–Kier alpha value is -1.75. The Morgan fingerprint density at radius 1 is 1.17 bits per heavy atom. The minimum atomic E-state index is 0.0157. The van der Waals surface area contributed by atoms with Crippen molar-refractivity contribution >= 4 is 23.5 Å². The summed E-state index contributed by atoms with van der Waals surface area (Å²) in [7, 11) is 0. The number of rotatable bonds is 1. The fraction of sp³-hybridized carbons (Fsp3) is 0.333. The highest BCUT2D eigenvalue weighted by Gasteiger charge is 2.22. The summed E-state index contributed by atoms with van der Waals surface area (Å²) in [5.74, 6) is 0.329. The van der Waals surface area contributed by atoms with Crippen LogP contribution >= 0.6 is 11.6 Å². The van der Waals surface area contributed by atoms with Crippen LogP contribution in [0, 0.1) is 0 Å². The van der Waals surface area contributed by atoms with Crippen molar-refractivity contribution in [1.82, 2.24) is 4.90 Å². The number of amides is 1. The second-order valence-electron chi connectivity index (χ2n) is 4.21. The maximum atomic E-state index is 12.2. The van der Waals surface area contributed by atoms with Gasteiger partial charge in [0.05, 0.1) is 26.2 Å². The molecule has 1 aromatic rings. The second kappa shape index (κ2) is 5.27. The normalized spacial score (nSPS) is 15.6. The van der Waals surface area contributed by atoms with Gasteiger partial charge in [-0.1, -0.05) is 11.6 Å². The van der Waals surface area contributed by atoms with E-state index in [1.165, 1.54) is 0 Å². The number of benzene rings is 1. The zero-order valence-corrected chi connectivity index (χ0v) is 10.7. The lowest BCUT2D eigenvalue weighted by Crippen LogP contribution is -2.49. The molecule has 1 heterocycles. The summed E-state index contributed by atoms with van der Waals surface area (Å²) in [6, 6.07) is 6.91. The number of nitrogens with zero attached hydrogens (tertiary/aromatic N) is 2. The number of halogens is 1. The van der Waals surface area contributed by atoms with E-state index in [-0.39, 0.29) is 5.91 Å². The number of nitrogens with two attached hydrogens (primary N) is 2. The lowest BCUT2D eigenvalue weighted by molar-refractivity contribution is -0.539. The molecule has 1 saturated heterocycles. The summed E-state index contributed by atoms with van der Waals surface area (Å²) < 4.78 is 1.87. The molecule has 0 atom stereocenters. The quantitative estimate of drug-likeness (QED) is 0.559. The molecule has 1 aliphatic rings. The molecule has 1 aromatic carbocycles. The Labute approximate surface area is 111 Å². The zero-order chi connectivity index (χ0) is 13.1. The van der Waals surface area contributed by atoms with Crippen molar-refractivity contribution in [3.63, 3.8) is 0 Å². The Kier molecular flexibility index (Phi) is 3.72. The SMILES string of the molecule is NC(N)=[N+]1CCN(C(=O)c2ccc(Cl)cc2)CC1. The largest absolute Gasteiger partial charge is 0.341 e. The van der Waals surface area contributed by atoms with E-state index in [1.54, 1.807) is 29.2 Å². The van der Waals surface area contributed by atoms with Gasteiger partial charge in [0.2, 0.25) is 0 Å². The van der Waals surface area contributed by atoms with Crippen LogP contribution in [0.2, 0.25) is 5.02 Å². The molecule has 18 heavy (non-hydrogen) atoms. The zero-order valence-electron chi connectivity index (χ0n) is 9.97. The molecule has 2 rings (SSSR count). The Morgan fingerprint density at radius 2 is 1.72 bits per heavy atom. The molecule has 0 saturated carbocycles. The van der Waals surface area contributed by atoms with Gasteiger partial charge >= 0.3 is 5.96 Å². The summed E-state index contributed by atoms with van der Waals surface area (Å²) in [5.41, 5.74) is 11.7. The van der Waals surface area contributed by atoms with Crippen LogP contribution in [0.3, 0.4) is 0 Å². The van der Waals surface area contributed by atoms with Gasteiger partial charge in [-0.3, -0.25) is 20.8 Å². The van der Waals surface area contributed by atoms with Crippen LogP contribution in [0.4, 0.5) is 0 Å². The van der Waals surface area contributed by atoms with E-state index in [0.29, 0.717) is 42.7 Å². The average Bonchev–Trinajstić information content (AvgIpc) is 2.39. The average molecular weight is 268 g/mol. The first-order chi connectivity index (χ1) is 8.58. The molecule has 4 N–H and O–H groups in total. The highest BCUT2D eigenvalue weighted by molar-refractivity contribution is 6.30. The van der Waals surface area contributed by atoms with Gasteiger partial charge in [-0.05, 0) is 24.3 Å². The number of hydrogen-bond acceptors (Lipinski definition) is 1. The van der Waals surface area contributed by atoms with Crippen molar-refractivity contribution < 1.29 is 9.37 Å². The maximum Gasteiger partial charge on any atom is 0.341 e. The number of carbonyl (C=O) groups excluding carboxylic acids is 1. The van der Waals surface area contributed by atoms with Gasteiger partial charge in [-0.25, -0.2) is 0 Å². The first kappa shape index (κ1) is 12.7. The van der Waals surface area contributed by atoms with Gasteiger partial charge in [0, 0.05) is 10.6 Å². The molecule has 5 nitrogen and oxygen atoms in total. The molecule has 1 fully saturated rings. The molecule has 1 amide bonds. The molecular formula is C12H16ClN4O+. The van der Waals surface area contributed by atoms with E-state index < -0.39 is 0 Å². The summed E-state index contributed by atoms with van der Waals surface area (Å²) in [4.78, 5) is 14.0. The van der Waals surface area contributed by atoms with Crippen molar-refractivity contribution in [3.8, 4) is 0 Å². The van der Waals surface area contributed by atoms with Crippen LogP contribution < -0.4 is 11.5 Å². The van der Waals surface area contributed by atoms with Gasteiger partial charge in [-0.15, -0.1) is 0 Å².